The molecule has 150 valence electrons. The molecule has 0 atom stereocenters. The third-order valence-corrected chi connectivity index (χ3v) is 5.73. The summed E-state index contributed by atoms with van der Waals surface area (Å²) in [5.74, 6) is -0.170. The lowest BCUT2D eigenvalue weighted by atomic mass is 10.1. The van der Waals surface area contributed by atoms with Gasteiger partial charge in [0, 0.05) is 37.8 Å². The molecule has 0 fully saturated rings. The van der Waals surface area contributed by atoms with Crippen LogP contribution in [0.4, 0.5) is 0 Å². The highest BCUT2D eigenvalue weighted by Crippen LogP contribution is 2.21. The summed E-state index contributed by atoms with van der Waals surface area (Å²) in [4.78, 5) is 12.2. The topological polar surface area (TPSA) is 46.4 Å². The standard InChI is InChI=1S/C24H19ClIN3O/c25-20-9-5-17(6-10-20)13-24(30)28-27-14-19-16-29(23-4-2-1-3-22(19)23)15-18-7-11-21(26)12-8-18/h1-12,14,16H,13,15H2,(H,28,30)/b27-14-. The van der Waals surface area contributed by atoms with E-state index < -0.39 is 0 Å². The molecule has 4 nitrogen and oxygen atoms in total. The van der Waals surface area contributed by atoms with Gasteiger partial charge in [0.1, 0.15) is 0 Å². The van der Waals surface area contributed by atoms with Crippen LogP contribution < -0.4 is 5.43 Å². The number of rotatable bonds is 6. The van der Waals surface area contributed by atoms with Gasteiger partial charge in [-0.3, -0.25) is 4.79 Å². The van der Waals surface area contributed by atoms with E-state index in [4.69, 9.17) is 11.6 Å². The number of hydrogen-bond donors (Lipinski definition) is 1. The Hall–Kier alpha value is -2.64. The number of hydrogen-bond acceptors (Lipinski definition) is 2. The zero-order valence-electron chi connectivity index (χ0n) is 16.1. The molecule has 0 bridgehead atoms. The normalized spacial score (nSPS) is 11.3. The number of amides is 1. The van der Waals surface area contributed by atoms with Crippen molar-refractivity contribution in [3.05, 3.63) is 104 Å². The van der Waals surface area contributed by atoms with Crippen molar-refractivity contribution in [3.8, 4) is 0 Å². The zero-order chi connectivity index (χ0) is 20.9. The summed E-state index contributed by atoms with van der Waals surface area (Å²) in [7, 11) is 0. The van der Waals surface area contributed by atoms with E-state index in [1.54, 1.807) is 18.3 Å². The maximum Gasteiger partial charge on any atom is 0.244 e. The van der Waals surface area contributed by atoms with Crippen molar-refractivity contribution in [2.24, 2.45) is 5.10 Å². The second-order valence-corrected chi connectivity index (χ2v) is 8.63. The zero-order valence-corrected chi connectivity index (χ0v) is 19.0. The van der Waals surface area contributed by atoms with Gasteiger partial charge < -0.3 is 4.57 Å². The highest BCUT2D eigenvalue weighted by Gasteiger charge is 2.08. The Kier molecular flexibility index (Phi) is 6.50. The lowest BCUT2D eigenvalue weighted by Gasteiger charge is -2.05. The number of hydrazone groups is 1. The predicted octanol–water partition coefficient (Wildman–Crippen LogP) is 5.64. The van der Waals surface area contributed by atoms with Gasteiger partial charge >= 0.3 is 0 Å². The number of nitrogens with zero attached hydrogens (tertiary/aromatic N) is 2. The van der Waals surface area contributed by atoms with E-state index in [9.17, 15) is 4.79 Å². The maximum absolute atomic E-state index is 12.2. The average Bonchev–Trinajstić information content (AvgIpc) is 3.09. The molecule has 0 aliphatic rings. The van der Waals surface area contributed by atoms with Gasteiger partial charge in [0.15, 0.2) is 0 Å². The number of benzene rings is 3. The summed E-state index contributed by atoms with van der Waals surface area (Å²) < 4.78 is 3.42. The molecule has 1 heterocycles. The fourth-order valence-electron chi connectivity index (χ4n) is 3.30. The van der Waals surface area contributed by atoms with Crippen molar-refractivity contribution >= 4 is 57.2 Å². The van der Waals surface area contributed by atoms with Gasteiger partial charge in [-0.2, -0.15) is 5.10 Å². The first-order valence-corrected chi connectivity index (χ1v) is 10.9. The van der Waals surface area contributed by atoms with Gasteiger partial charge in [-0.15, -0.1) is 0 Å². The van der Waals surface area contributed by atoms with E-state index in [1.807, 2.05) is 24.3 Å². The van der Waals surface area contributed by atoms with Crippen molar-refractivity contribution in [1.82, 2.24) is 9.99 Å². The van der Waals surface area contributed by atoms with Crippen molar-refractivity contribution < 1.29 is 4.79 Å². The number of carbonyl (C=O) groups is 1. The van der Waals surface area contributed by atoms with Gasteiger partial charge in [-0.25, -0.2) is 5.43 Å². The van der Waals surface area contributed by atoms with Crippen LogP contribution in [-0.4, -0.2) is 16.7 Å². The summed E-state index contributed by atoms with van der Waals surface area (Å²) in [6.07, 6.45) is 4.02. The van der Waals surface area contributed by atoms with E-state index in [0.717, 1.165) is 28.6 Å². The van der Waals surface area contributed by atoms with Crippen LogP contribution in [0.1, 0.15) is 16.7 Å². The van der Waals surface area contributed by atoms with Gasteiger partial charge in [-0.05, 0) is 64.0 Å². The first kappa shape index (κ1) is 20.6. The van der Waals surface area contributed by atoms with Crippen molar-refractivity contribution in [2.75, 3.05) is 0 Å². The van der Waals surface area contributed by atoms with Gasteiger partial charge in [0.05, 0.1) is 12.6 Å². The Bertz CT molecular complexity index is 1200. The molecule has 1 aromatic heterocycles. The third kappa shape index (κ3) is 5.09. The van der Waals surface area contributed by atoms with Crippen molar-refractivity contribution in [1.29, 1.82) is 0 Å². The molecule has 6 heteroatoms. The first-order chi connectivity index (χ1) is 14.6. The van der Waals surface area contributed by atoms with Crippen LogP contribution in [0.15, 0.2) is 84.1 Å². The van der Waals surface area contributed by atoms with Gasteiger partial charge in [0.25, 0.3) is 0 Å². The second kappa shape index (κ2) is 9.45. The lowest BCUT2D eigenvalue weighted by Crippen LogP contribution is -2.19. The third-order valence-electron chi connectivity index (χ3n) is 4.76. The molecule has 0 saturated carbocycles. The van der Waals surface area contributed by atoms with Crippen LogP contribution >= 0.6 is 34.2 Å². The maximum atomic E-state index is 12.2. The quantitative estimate of drug-likeness (QED) is 0.197. The van der Waals surface area contributed by atoms with Crippen LogP contribution in [0.2, 0.25) is 5.02 Å². The smallest absolute Gasteiger partial charge is 0.244 e. The lowest BCUT2D eigenvalue weighted by molar-refractivity contribution is -0.120. The average molecular weight is 528 g/mol. The minimum atomic E-state index is -0.170. The minimum Gasteiger partial charge on any atom is -0.342 e. The van der Waals surface area contributed by atoms with E-state index in [0.29, 0.717) is 5.02 Å². The number of aromatic nitrogens is 1. The summed E-state index contributed by atoms with van der Waals surface area (Å²) in [6, 6.07) is 23.9. The molecule has 1 N–H and O–H groups in total. The summed E-state index contributed by atoms with van der Waals surface area (Å²) in [5.41, 5.74) is 6.82. The van der Waals surface area contributed by atoms with E-state index in [1.165, 1.54) is 9.13 Å². The van der Waals surface area contributed by atoms with Gasteiger partial charge in [0.2, 0.25) is 5.91 Å². The number of nitrogens with one attached hydrogen (secondary N) is 1. The predicted molar refractivity (Wildman–Crippen MR) is 131 cm³/mol. The Labute approximate surface area is 193 Å². The fourth-order valence-corrected chi connectivity index (χ4v) is 3.78. The van der Waals surface area contributed by atoms with Crippen LogP contribution in [0.3, 0.4) is 0 Å². The Morgan fingerprint density at radius 1 is 1.00 bits per heavy atom. The summed E-state index contributed by atoms with van der Waals surface area (Å²) >= 11 is 8.19. The molecule has 0 aliphatic heterocycles. The number of carbonyl (C=O) groups excluding carboxylic acids is 1. The summed E-state index contributed by atoms with van der Waals surface area (Å²) in [5, 5.41) is 5.92. The molecule has 0 aliphatic carbocycles. The largest absolute Gasteiger partial charge is 0.342 e. The first-order valence-electron chi connectivity index (χ1n) is 9.47. The van der Waals surface area contributed by atoms with Crippen LogP contribution in [0.5, 0.6) is 0 Å². The summed E-state index contributed by atoms with van der Waals surface area (Å²) in [6.45, 7) is 0.772. The number of para-hydroxylation sites is 1. The van der Waals surface area contributed by atoms with Crippen LogP contribution in [0, 0.1) is 3.57 Å². The fraction of sp³-hybridized carbons (Fsp3) is 0.0833. The second-order valence-electron chi connectivity index (χ2n) is 6.95. The molecule has 0 saturated heterocycles. The molecule has 0 spiro atoms. The number of fused-ring (bicyclic) bond motifs is 1. The van der Waals surface area contributed by atoms with E-state index in [-0.39, 0.29) is 12.3 Å². The highest BCUT2D eigenvalue weighted by atomic mass is 127. The Balaban J connectivity index is 1.49. The van der Waals surface area contributed by atoms with Crippen molar-refractivity contribution in [3.63, 3.8) is 0 Å². The number of halogens is 2. The van der Waals surface area contributed by atoms with Gasteiger partial charge in [-0.1, -0.05) is 54.1 Å². The highest BCUT2D eigenvalue weighted by molar-refractivity contribution is 14.1. The minimum absolute atomic E-state index is 0.170. The molecule has 4 aromatic rings. The molecular weight excluding hydrogens is 509 g/mol. The van der Waals surface area contributed by atoms with Crippen LogP contribution in [-0.2, 0) is 17.8 Å². The molecule has 0 radical (unpaired) electrons. The molecule has 1 amide bonds. The van der Waals surface area contributed by atoms with Crippen molar-refractivity contribution in [2.45, 2.75) is 13.0 Å². The molecular formula is C24H19ClIN3O. The Morgan fingerprint density at radius 2 is 1.70 bits per heavy atom. The molecule has 30 heavy (non-hydrogen) atoms. The monoisotopic (exact) mass is 527 g/mol. The van der Waals surface area contributed by atoms with E-state index >= 15 is 0 Å². The van der Waals surface area contributed by atoms with Crippen LogP contribution in [0.25, 0.3) is 10.9 Å². The SMILES string of the molecule is O=C(Cc1ccc(Cl)cc1)N/N=C\c1cn(Cc2ccc(I)cc2)c2ccccc12. The molecule has 0 unspecified atom stereocenters. The molecule has 4 rings (SSSR count). The van der Waals surface area contributed by atoms with E-state index in [2.05, 4.69) is 80.3 Å². The molecule has 3 aromatic carbocycles. The Morgan fingerprint density at radius 3 is 2.47 bits per heavy atom.